The summed E-state index contributed by atoms with van der Waals surface area (Å²) < 4.78 is 10.1. The number of ether oxygens (including phenoxy) is 1. The van der Waals surface area contributed by atoms with Gasteiger partial charge in [-0.1, -0.05) is 23.2 Å². The maximum Gasteiger partial charge on any atom is 0.338 e. The minimum Gasteiger partial charge on any atom is -0.454 e. The molecule has 23 heavy (non-hydrogen) atoms. The Labute approximate surface area is 140 Å². The smallest absolute Gasteiger partial charge is 0.338 e. The molecule has 3 aromatic rings. The van der Waals surface area contributed by atoms with Crippen LogP contribution in [0.3, 0.4) is 0 Å². The van der Waals surface area contributed by atoms with Gasteiger partial charge in [0, 0.05) is 5.56 Å². The SMILES string of the molecule is O=C(COC(=O)c1ccc2ncoc2c1)c1ccc(Cl)c(Cl)c1. The largest absolute Gasteiger partial charge is 0.454 e. The maximum atomic E-state index is 12.0. The maximum absolute atomic E-state index is 12.0. The van der Waals surface area contributed by atoms with Crippen molar-refractivity contribution >= 4 is 46.1 Å². The second-order valence-electron chi connectivity index (χ2n) is 4.66. The number of halogens is 2. The first-order valence-corrected chi connectivity index (χ1v) is 7.29. The molecule has 116 valence electrons. The molecule has 0 aliphatic rings. The van der Waals surface area contributed by atoms with E-state index < -0.39 is 12.6 Å². The third kappa shape index (κ3) is 3.36. The van der Waals surface area contributed by atoms with Crippen molar-refractivity contribution in [2.75, 3.05) is 6.61 Å². The van der Waals surface area contributed by atoms with Crippen molar-refractivity contribution in [1.29, 1.82) is 0 Å². The molecule has 7 heteroatoms. The molecule has 0 atom stereocenters. The molecule has 0 unspecified atom stereocenters. The van der Waals surface area contributed by atoms with E-state index in [2.05, 4.69) is 4.98 Å². The zero-order valence-electron chi connectivity index (χ0n) is 11.6. The van der Waals surface area contributed by atoms with Crippen LogP contribution in [0.1, 0.15) is 20.7 Å². The molecule has 1 aromatic heterocycles. The molecule has 0 amide bonds. The van der Waals surface area contributed by atoms with Gasteiger partial charge < -0.3 is 9.15 Å². The number of ketones is 1. The minimum absolute atomic E-state index is 0.264. The molecule has 5 nitrogen and oxygen atoms in total. The number of esters is 1. The molecule has 0 aliphatic carbocycles. The number of rotatable bonds is 4. The molecule has 0 radical (unpaired) electrons. The van der Waals surface area contributed by atoms with E-state index in [1.54, 1.807) is 12.1 Å². The van der Waals surface area contributed by atoms with Gasteiger partial charge in [-0.05, 0) is 36.4 Å². The van der Waals surface area contributed by atoms with Crippen LogP contribution in [0.25, 0.3) is 11.1 Å². The topological polar surface area (TPSA) is 69.4 Å². The predicted molar refractivity (Wildman–Crippen MR) is 85.1 cm³/mol. The standard InChI is InChI=1S/C16H9Cl2NO4/c17-11-3-1-9(5-12(11)18)14(20)7-22-16(21)10-2-4-13-15(6-10)23-8-19-13/h1-6,8H,7H2. The lowest BCUT2D eigenvalue weighted by Crippen LogP contribution is -2.14. The van der Waals surface area contributed by atoms with Crippen LogP contribution in [0.15, 0.2) is 47.2 Å². The van der Waals surface area contributed by atoms with Crippen molar-refractivity contribution < 1.29 is 18.7 Å². The van der Waals surface area contributed by atoms with E-state index in [0.29, 0.717) is 21.7 Å². The van der Waals surface area contributed by atoms with Gasteiger partial charge in [-0.2, -0.15) is 0 Å². The lowest BCUT2D eigenvalue weighted by atomic mass is 10.1. The average Bonchev–Trinajstić information content (AvgIpc) is 3.02. The number of nitrogens with zero attached hydrogens (tertiary/aromatic N) is 1. The second-order valence-corrected chi connectivity index (χ2v) is 5.48. The molecule has 0 aliphatic heterocycles. The molecule has 3 rings (SSSR count). The first-order chi connectivity index (χ1) is 11.0. The Morgan fingerprint density at radius 1 is 1.04 bits per heavy atom. The molecule has 1 heterocycles. The number of benzene rings is 2. The third-order valence-corrected chi connectivity index (χ3v) is 3.88. The van der Waals surface area contributed by atoms with Crippen molar-refractivity contribution in [3.05, 3.63) is 64.0 Å². The van der Waals surface area contributed by atoms with Gasteiger partial charge in [-0.25, -0.2) is 9.78 Å². The summed E-state index contributed by atoms with van der Waals surface area (Å²) in [6.45, 7) is -0.398. The number of Topliss-reactive ketones (excluding diaryl/α,β-unsaturated/α-hetero) is 1. The highest BCUT2D eigenvalue weighted by molar-refractivity contribution is 6.42. The first kappa shape index (κ1) is 15.5. The first-order valence-electron chi connectivity index (χ1n) is 6.53. The van der Waals surface area contributed by atoms with Crippen molar-refractivity contribution in [2.24, 2.45) is 0 Å². The summed E-state index contributed by atoms with van der Waals surface area (Å²) in [7, 11) is 0. The van der Waals surface area contributed by atoms with Crippen LogP contribution in [0.5, 0.6) is 0 Å². The number of oxazole rings is 1. The number of aromatic nitrogens is 1. The summed E-state index contributed by atoms with van der Waals surface area (Å²) in [4.78, 5) is 27.9. The summed E-state index contributed by atoms with van der Waals surface area (Å²) in [5, 5.41) is 0.611. The van der Waals surface area contributed by atoms with Gasteiger partial charge in [0.05, 0.1) is 15.6 Å². The van der Waals surface area contributed by atoms with E-state index in [4.69, 9.17) is 32.4 Å². The molecule has 0 bridgehead atoms. The van der Waals surface area contributed by atoms with E-state index >= 15 is 0 Å². The van der Waals surface area contributed by atoms with Crippen molar-refractivity contribution in [1.82, 2.24) is 4.98 Å². The number of hydrogen-bond acceptors (Lipinski definition) is 5. The number of hydrogen-bond donors (Lipinski definition) is 0. The Kier molecular flexibility index (Phi) is 4.32. The van der Waals surface area contributed by atoms with E-state index in [0.717, 1.165) is 0 Å². The summed E-state index contributed by atoms with van der Waals surface area (Å²) in [6.07, 6.45) is 1.29. The zero-order chi connectivity index (χ0) is 16.4. The minimum atomic E-state index is -0.628. The van der Waals surface area contributed by atoms with Crippen LogP contribution >= 0.6 is 23.2 Å². The zero-order valence-corrected chi connectivity index (χ0v) is 13.1. The Bertz CT molecular complexity index is 904. The fourth-order valence-corrected chi connectivity index (χ4v) is 2.25. The lowest BCUT2D eigenvalue weighted by molar-refractivity contribution is 0.0475. The van der Waals surface area contributed by atoms with Gasteiger partial charge in [-0.3, -0.25) is 4.79 Å². The van der Waals surface area contributed by atoms with Crippen LogP contribution in [-0.2, 0) is 4.74 Å². The van der Waals surface area contributed by atoms with E-state index in [9.17, 15) is 9.59 Å². The molecule has 0 saturated heterocycles. The monoisotopic (exact) mass is 349 g/mol. The quantitative estimate of drug-likeness (QED) is 0.522. The average molecular weight is 350 g/mol. The number of carbonyl (C=O) groups excluding carboxylic acids is 2. The van der Waals surface area contributed by atoms with Crippen molar-refractivity contribution in [3.8, 4) is 0 Å². The van der Waals surface area contributed by atoms with Crippen LogP contribution in [0.2, 0.25) is 10.0 Å². The van der Waals surface area contributed by atoms with Gasteiger partial charge in [0.25, 0.3) is 0 Å². The second kappa shape index (κ2) is 6.40. The molecule has 0 saturated carbocycles. The molecule has 2 aromatic carbocycles. The van der Waals surface area contributed by atoms with Gasteiger partial charge in [0.2, 0.25) is 0 Å². The Morgan fingerprint density at radius 3 is 2.61 bits per heavy atom. The molecule has 0 N–H and O–H groups in total. The number of carbonyl (C=O) groups is 2. The Morgan fingerprint density at radius 2 is 1.83 bits per heavy atom. The molecule has 0 spiro atoms. The Hall–Kier alpha value is -2.37. The normalized spacial score (nSPS) is 10.7. The number of fused-ring (bicyclic) bond motifs is 1. The fourth-order valence-electron chi connectivity index (χ4n) is 1.95. The highest BCUT2D eigenvalue weighted by atomic mass is 35.5. The Balaban J connectivity index is 1.68. The van der Waals surface area contributed by atoms with Gasteiger partial charge in [0.15, 0.2) is 24.4 Å². The van der Waals surface area contributed by atoms with Crippen LogP contribution < -0.4 is 0 Å². The summed E-state index contributed by atoms with van der Waals surface area (Å²) >= 11 is 11.6. The molecular weight excluding hydrogens is 341 g/mol. The molecular formula is C16H9Cl2NO4. The van der Waals surface area contributed by atoms with E-state index in [1.165, 1.54) is 30.7 Å². The van der Waals surface area contributed by atoms with Crippen LogP contribution in [0.4, 0.5) is 0 Å². The van der Waals surface area contributed by atoms with Crippen molar-refractivity contribution in [3.63, 3.8) is 0 Å². The van der Waals surface area contributed by atoms with Crippen LogP contribution in [0, 0.1) is 0 Å². The van der Waals surface area contributed by atoms with Gasteiger partial charge in [-0.15, -0.1) is 0 Å². The lowest BCUT2D eigenvalue weighted by Gasteiger charge is -2.05. The van der Waals surface area contributed by atoms with Gasteiger partial charge in [0.1, 0.15) is 5.52 Å². The van der Waals surface area contributed by atoms with Crippen molar-refractivity contribution in [2.45, 2.75) is 0 Å². The predicted octanol–water partition coefficient (Wildman–Crippen LogP) is 4.17. The third-order valence-electron chi connectivity index (χ3n) is 3.14. The highest BCUT2D eigenvalue weighted by Gasteiger charge is 2.14. The summed E-state index contributed by atoms with van der Waals surface area (Å²) in [5.41, 5.74) is 1.69. The molecule has 0 fully saturated rings. The summed E-state index contributed by atoms with van der Waals surface area (Å²) in [6, 6.07) is 9.16. The van der Waals surface area contributed by atoms with Gasteiger partial charge >= 0.3 is 5.97 Å². The highest BCUT2D eigenvalue weighted by Crippen LogP contribution is 2.23. The summed E-state index contributed by atoms with van der Waals surface area (Å²) in [5.74, 6) is -1.01. The van der Waals surface area contributed by atoms with E-state index in [-0.39, 0.29) is 16.4 Å². The van der Waals surface area contributed by atoms with Crippen LogP contribution in [-0.4, -0.2) is 23.3 Å². The fraction of sp³-hybridized carbons (Fsp3) is 0.0625. The van der Waals surface area contributed by atoms with E-state index in [1.807, 2.05) is 0 Å².